The van der Waals surface area contributed by atoms with Crippen LogP contribution in [0.1, 0.15) is 34.1 Å². The molecule has 0 heterocycles. The lowest BCUT2D eigenvalue weighted by molar-refractivity contribution is -0.384. The van der Waals surface area contributed by atoms with Gasteiger partial charge in [0.05, 0.1) is 17.6 Å². The Bertz CT molecular complexity index is 439. The fourth-order valence-electron chi connectivity index (χ4n) is 1.62. The lowest BCUT2D eigenvalue weighted by Crippen LogP contribution is -2.13. The Morgan fingerprint density at radius 1 is 1.32 bits per heavy atom. The van der Waals surface area contributed by atoms with E-state index in [2.05, 4.69) is 26.1 Å². The monoisotopic (exact) mass is 266 g/mol. The number of ether oxygens (including phenoxy) is 1. The van der Waals surface area contributed by atoms with Crippen molar-refractivity contribution >= 4 is 11.4 Å². The highest BCUT2D eigenvalue weighted by Gasteiger charge is 2.12. The quantitative estimate of drug-likeness (QED) is 0.627. The van der Waals surface area contributed by atoms with E-state index in [1.165, 1.54) is 12.1 Å². The molecule has 1 aromatic carbocycles. The van der Waals surface area contributed by atoms with E-state index in [1.807, 2.05) is 6.92 Å². The summed E-state index contributed by atoms with van der Waals surface area (Å²) in [5, 5.41) is 14.1. The predicted octanol–water partition coefficient (Wildman–Crippen LogP) is 3.84. The van der Waals surface area contributed by atoms with E-state index < -0.39 is 4.92 Å². The normalized spacial score (nSPS) is 11.2. The zero-order chi connectivity index (χ0) is 14.5. The Morgan fingerprint density at radius 3 is 2.53 bits per heavy atom. The molecule has 1 rings (SSSR count). The number of non-ortho nitro benzene ring substituents is 1. The van der Waals surface area contributed by atoms with Crippen LogP contribution in [0.4, 0.5) is 11.4 Å². The van der Waals surface area contributed by atoms with E-state index in [4.69, 9.17) is 4.74 Å². The lowest BCUT2D eigenvalue weighted by Gasteiger charge is -2.18. The molecule has 0 aromatic heterocycles. The van der Waals surface area contributed by atoms with Gasteiger partial charge in [-0.05, 0) is 18.8 Å². The Hall–Kier alpha value is -1.78. The summed E-state index contributed by atoms with van der Waals surface area (Å²) in [6.45, 7) is 9.60. The highest BCUT2D eigenvalue weighted by molar-refractivity contribution is 5.56. The Balaban J connectivity index is 2.78. The second kappa shape index (κ2) is 6.41. The van der Waals surface area contributed by atoms with Gasteiger partial charge in [-0.1, -0.05) is 20.8 Å². The number of rotatable bonds is 6. The minimum atomic E-state index is -0.405. The Kier molecular flexibility index (Phi) is 5.15. The predicted molar refractivity (Wildman–Crippen MR) is 76.8 cm³/mol. The van der Waals surface area contributed by atoms with Crippen LogP contribution in [-0.4, -0.2) is 18.1 Å². The van der Waals surface area contributed by atoms with Crippen LogP contribution in [0.2, 0.25) is 0 Å². The number of nitro benzene ring substituents is 1. The van der Waals surface area contributed by atoms with Crippen molar-refractivity contribution in [1.29, 1.82) is 0 Å². The minimum Gasteiger partial charge on any atom is -0.494 e. The molecule has 0 bridgehead atoms. The molecular formula is C14H22N2O3. The molecule has 5 nitrogen and oxygen atoms in total. The summed E-state index contributed by atoms with van der Waals surface area (Å²) in [5.41, 5.74) is 1.00. The highest BCUT2D eigenvalue weighted by atomic mass is 16.6. The van der Waals surface area contributed by atoms with Crippen LogP contribution in [0.15, 0.2) is 18.2 Å². The summed E-state index contributed by atoms with van der Waals surface area (Å²) in [5.74, 6) is 0.523. The number of nitrogens with one attached hydrogen (secondary N) is 1. The minimum absolute atomic E-state index is 0.0456. The first-order chi connectivity index (χ1) is 8.81. The molecule has 1 aromatic rings. The molecule has 0 spiro atoms. The third-order valence-corrected chi connectivity index (χ3v) is 2.62. The third-order valence-electron chi connectivity index (χ3n) is 2.62. The number of nitro groups is 1. The summed E-state index contributed by atoms with van der Waals surface area (Å²) in [4.78, 5) is 10.5. The average Bonchev–Trinajstić information content (AvgIpc) is 2.27. The third kappa shape index (κ3) is 5.59. The molecule has 0 atom stereocenters. The van der Waals surface area contributed by atoms with Crippen molar-refractivity contribution in [2.75, 3.05) is 18.5 Å². The molecule has 0 saturated carbocycles. The summed E-state index contributed by atoms with van der Waals surface area (Å²) >= 11 is 0. The van der Waals surface area contributed by atoms with Crippen LogP contribution in [0.25, 0.3) is 0 Å². The number of nitrogens with zero attached hydrogens (tertiary/aromatic N) is 1. The summed E-state index contributed by atoms with van der Waals surface area (Å²) in [7, 11) is 0. The van der Waals surface area contributed by atoms with Crippen molar-refractivity contribution in [2.45, 2.75) is 34.1 Å². The fraction of sp³-hybridized carbons (Fsp3) is 0.571. The second-order valence-electron chi connectivity index (χ2n) is 5.64. The van der Waals surface area contributed by atoms with Crippen LogP contribution < -0.4 is 10.1 Å². The van der Waals surface area contributed by atoms with Gasteiger partial charge in [0, 0.05) is 24.4 Å². The van der Waals surface area contributed by atoms with Gasteiger partial charge in [-0.25, -0.2) is 0 Å². The molecule has 0 aliphatic carbocycles. The zero-order valence-corrected chi connectivity index (χ0v) is 12.0. The van der Waals surface area contributed by atoms with Crippen LogP contribution in [-0.2, 0) is 0 Å². The van der Waals surface area contributed by atoms with Gasteiger partial charge in [0.25, 0.3) is 5.69 Å². The molecular weight excluding hydrogens is 244 g/mol. The fourth-order valence-corrected chi connectivity index (χ4v) is 1.62. The van der Waals surface area contributed by atoms with Crippen molar-refractivity contribution in [1.82, 2.24) is 0 Å². The van der Waals surface area contributed by atoms with Crippen LogP contribution in [0, 0.1) is 15.5 Å². The van der Waals surface area contributed by atoms with E-state index >= 15 is 0 Å². The lowest BCUT2D eigenvalue weighted by atomic mass is 9.92. The topological polar surface area (TPSA) is 64.4 Å². The van der Waals surface area contributed by atoms with Crippen molar-refractivity contribution < 1.29 is 9.66 Å². The van der Waals surface area contributed by atoms with Gasteiger partial charge >= 0.3 is 0 Å². The van der Waals surface area contributed by atoms with Gasteiger partial charge in [0.1, 0.15) is 5.75 Å². The number of hydrogen-bond acceptors (Lipinski definition) is 4. The standard InChI is InChI=1S/C14H22N2O3/c1-5-19-13-9-11(8-12(10-13)16(17)18)15-7-6-14(2,3)4/h8-10,15H,5-7H2,1-4H3. The Labute approximate surface area is 114 Å². The first-order valence-corrected chi connectivity index (χ1v) is 6.48. The van der Waals surface area contributed by atoms with Crippen molar-refractivity contribution in [3.63, 3.8) is 0 Å². The molecule has 0 unspecified atom stereocenters. The van der Waals surface area contributed by atoms with Crippen LogP contribution in [0.5, 0.6) is 5.75 Å². The molecule has 0 fully saturated rings. The van der Waals surface area contributed by atoms with Crippen LogP contribution in [0.3, 0.4) is 0 Å². The molecule has 19 heavy (non-hydrogen) atoms. The molecule has 106 valence electrons. The van der Waals surface area contributed by atoms with Gasteiger partial charge in [-0.2, -0.15) is 0 Å². The smallest absolute Gasteiger partial charge is 0.275 e. The van der Waals surface area contributed by atoms with Gasteiger partial charge in [-0.15, -0.1) is 0 Å². The van der Waals surface area contributed by atoms with E-state index in [-0.39, 0.29) is 11.1 Å². The number of benzene rings is 1. The number of hydrogen-bond donors (Lipinski definition) is 1. The summed E-state index contributed by atoms with van der Waals surface area (Å²) in [6.07, 6.45) is 0.986. The zero-order valence-electron chi connectivity index (χ0n) is 12.0. The maximum absolute atomic E-state index is 10.9. The molecule has 0 amide bonds. The van der Waals surface area contributed by atoms with Crippen molar-refractivity contribution in [3.8, 4) is 5.75 Å². The van der Waals surface area contributed by atoms with Gasteiger partial charge in [-0.3, -0.25) is 10.1 Å². The SMILES string of the molecule is CCOc1cc(NCCC(C)(C)C)cc([N+](=O)[O-])c1. The van der Waals surface area contributed by atoms with Gasteiger partial charge < -0.3 is 10.1 Å². The maximum atomic E-state index is 10.9. The first kappa shape index (κ1) is 15.3. The van der Waals surface area contributed by atoms with Crippen LogP contribution >= 0.6 is 0 Å². The first-order valence-electron chi connectivity index (χ1n) is 6.48. The summed E-state index contributed by atoms with van der Waals surface area (Å²) < 4.78 is 5.34. The Morgan fingerprint density at radius 2 is 2.00 bits per heavy atom. The molecule has 5 heteroatoms. The molecule has 0 saturated heterocycles. The van der Waals surface area contributed by atoms with E-state index in [9.17, 15) is 10.1 Å². The van der Waals surface area contributed by atoms with Gasteiger partial charge in [0.2, 0.25) is 0 Å². The molecule has 1 N–H and O–H groups in total. The number of anilines is 1. The molecule has 0 aliphatic rings. The van der Waals surface area contributed by atoms with E-state index in [0.29, 0.717) is 12.4 Å². The van der Waals surface area contributed by atoms with Crippen molar-refractivity contribution in [3.05, 3.63) is 28.3 Å². The highest BCUT2D eigenvalue weighted by Crippen LogP contribution is 2.26. The molecule has 0 radical (unpaired) electrons. The van der Waals surface area contributed by atoms with E-state index in [0.717, 1.165) is 18.7 Å². The van der Waals surface area contributed by atoms with Crippen molar-refractivity contribution in [2.24, 2.45) is 5.41 Å². The average molecular weight is 266 g/mol. The second-order valence-corrected chi connectivity index (χ2v) is 5.64. The van der Waals surface area contributed by atoms with Gasteiger partial charge in [0.15, 0.2) is 0 Å². The largest absolute Gasteiger partial charge is 0.494 e. The van der Waals surface area contributed by atoms with E-state index in [1.54, 1.807) is 6.07 Å². The molecule has 0 aliphatic heterocycles. The maximum Gasteiger partial charge on any atom is 0.275 e. The summed E-state index contributed by atoms with van der Waals surface area (Å²) in [6, 6.07) is 4.77.